The standard InChI is InChI=1S/C30H33F3N6O4S/c1-14(16-6-8-19(9-7-16)43-30(31,32)33)35-29-36-15(2)22(27(39-29)37-20-12-18(13-40)25(41)26(20)42)28-38-24-21(44-28)10-11-34-23(24)17-4-3-5-17/h6-11,14,17-18,20,25-26,40-42H,3-5,12-13H2,1-2H3,(H2,35,36,37,39)/t14-,18-,20?,25-,26+/m1/s1. The van der Waals surface area contributed by atoms with Crippen molar-refractivity contribution in [2.45, 2.75) is 76.1 Å². The quantitative estimate of drug-likeness (QED) is 0.165. The number of aromatic nitrogens is 4. The highest BCUT2D eigenvalue weighted by atomic mass is 32.1. The van der Waals surface area contributed by atoms with Crippen molar-refractivity contribution in [3.05, 3.63) is 53.5 Å². The molecule has 0 saturated heterocycles. The predicted molar refractivity (Wildman–Crippen MR) is 160 cm³/mol. The number of nitrogens with one attached hydrogen (secondary N) is 2. The van der Waals surface area contributed by atoms with Crippen LogP contribution in [0.15, 0.2) is 36.5 Å². The fraction of sp³-hybridized carbons (Fsp3) is 0.467. The summed E-state index contributed by atoms with van der Waals surface area (Å²) in [4.78, 5) is 19.1. The SMILES string of the molecule is Cc1nc(N[C@H](C)c2ccc(OC(F)(F)F)cc2)nc(NC2C[C@H](CO)[C@@H](O)[C@H]2O)c1-c1nc2c(C3CCC3)nccc2s1. The molecule has 5 atom stereocenters. The number of anilines is 2. The van der Waals surface area contributed by atoms with Crippen molar-refractivity contribution in [2.75, 3.05) is 17.2 Å². The molecule has 14 heteroatoms. The third-order valence-electron chi connectivity index (χ3n) is 8.45. The molecule has 2 aliphatic rings. The number of fused-ring (bicyclic) bond motifs is 1. The van der Waals surface area contributed by atoms with Gasteiger partial charge in [0.2, 0.25) is 5.95 Å². The van der Waals surface area contributed by atoms with Gasteiger partial charge in [0.15, 0.2) is 0 Å². The minimum absolute atomic E-state index is 0.251. The van der Waals surface area contributed by atoms with Crippen molar-refractivity contribution in [1.82, 2.24) is 19.9 Å². The summed E-state index contributed by atoms with van der Waals surface area (Å²) >= 11 is 1.50. The van der Waals surface area contributed by atoms with Gasteiger partial charge in [0.25, 0.3) is 0 Å². The van der Waals surface area contributed by atoms with Crippen LogP contribution in [0, 0.1) is 12.8 Å². The van der Waals surface area contributed by atoms with E-state index >= 15 is 0 Å². The third-order valence-corrected chi connectivity index (χ3v) is 9.49. The van der Waals surface area contributed by atoms with Crippen LogP contribution < -0.4 is 15.4 Å². The molecule has 2 fully saturated rings. The monoisotopic (exact) mass is 630 g/mol. The number of aryl methyl sites for hydroxylation is 1. The van der Waals surface area contributed by atoms with E-state index in [0.29, 0.717) is 40.0 Å². The lowest BCUT2D eigenvalue weighted by atomic mass is 9.82. The second kappa shape index (κ2) is 12.1. The van der Waals surface area contributed by atoms with Gasteiger partial charge in [-0.3, -0.25) is 4.98 Å². The molecule has 0 radical (unpaired) electrons. The number of pyridine rings is 1. The maximum Gasteiger partial charge on any atom is 0.573 e. The van der Waals surface area contributed by atoms with Gasteiger partial charge in [-0.15, -0.1) is 24.5 Å². The molecule has 2 aliphatic carbocycles. The van der Waals surface area contributed by atoms with Gasteiger partial charge in [-0.25, -0.2) is 9.97 Å². The first-order valence-electron chi connectivity index (χ1n) is 14.5. The van der Waals surface area contributed by atoms with Crippen LogP contribution in [0.1, 0.15) is 61.5 Å². The summed E-state index contributed by atoms with van der Waals surface area (Å²) in [6, 6.07) is 6.50. The number of hydrogen-bond acceptors (Lipinski definition) is 11. The minimum atomic E-state index is -4.78. The Kier molecular flexibility index (Phi) is 8.35. The number of rotatable bonds is 9. The van der Waals surface area contributed by atoms with Crippen LogP contribution in [0.25, 0.3) is 20.8 Å². The maximum absolute atomic E-state index is 12.6. The molecule has 1 aromatic carbocycles. The molecule has 2 saturated carbocycles. The van der Waals surface area contributed by atoms with E-state index in [0.717, 1.165) is 28.8 Å². The Labute approximate surface area is 255 Å². The van der Waals surface area contributed by atoms with Gasteiger partial charge in [-0.05, 0) is 56.9 Å². The highest BCUT2D eigenvalue weighted by Crippen LogP contribution is 2.43. The average Bonchev–Trinajstić information content (AvgIpc) is 3.48. The smallest absolute Gasteiger partial charge is 0.406 e. The molecule has 0 amide bonds. The van der Waals surface area contributed by atoms with Crippen LogP contribution in [0.3, 0.4) is 0 Å². The van der Waals surface area contributed by atoms with E-state index in [1.807, 2.05) is 26.1 Å². The zero-order chi connectivity index (χ0) is 31.2. The van der Waals surface area contributed by atoms with Crippen molar-refractivity contribution < 1.29 is 33.2 Å². The number of hydrogen-bond donors (Lipinski definition) is 5. The van der Waals surface area contributed by atoms with Crippen molar-refractivity contribution >= 4 is 33.3 Å². The molecule has 234 valence electrons. The van der Waals surface area contributed by atoms with Crippen LogP contribution >= 0.6 is 11.3 Å². The molecular formula is C30H33F3N6O4S. The van der Waals surface area contributed by atoms with Crippen molar-refractivity contribution in [1.29, 1.82) is 0 Å². The van der Waals surface area contributed by atoms with Gasteiger partial charge in [-0.1, -0.05) is 18.6 Å². The van der Waals surface area contributed by atoms with Gasteiger partial charge in [0.05, 0.1) is 39.8 Å². The first-order valence-corrected chi connectivity index (χ1v) is 15.3. The molecule has 5 N–H and O–H groups in total. The summed E-state index contributed by atoms with van der Waals surface area (Å²) in [5, 5.41) is 38.1. The van der Waals surface area contributed by atoms with E-state index in [4.69, 9.17) is 15.0 Å². The van der Waals surface area contributed by atoms with E-state index in [9.17, 15) is 28.5 Å². The van der Waals surface area contributed by atoms with Crippen LogP contribution in [-0.2, 0) is 0 Å². The molecule has 4 aromatic rings. The Bertz CT molecular complexity index is 1630. The fourth-order valence-electron chi connectivity index (χ4n) is 5.82. The van der Waals surface area contributed by atoms with Crippen LogP contribution in [0.5, 0.6) is 5.75 Å². The average molecular weight is 631 g/mol. The highest BCUT2D eigenvalue weighted by Gasteiger charge is 2.42. The van der Waals surface area contributed by atoms with Gasteiger partial charge in [0.1, 0.15) is 28.2 Å². The van der Waals surface area contributed by atoms with E-state index in [-0.39, 0.29) is 24.3 Å². The van der Waals surface area contributed by atoms with Gasteiger partial charge >= 0.3 is 6.36 Å². The molecule has 0 aliphatic heterocycles. The Morgan fingerprint density at radius 3 is 2.45 bits per heavy atom. The minimum Gasteiger partial charge on any atom is -0.406 e. The first kappa shape index (κ1) is 30.4. The Hall–Kier alpha value is -3.59. The normalized spacial score (nSPS) is 23.0. The van der Waals surface area contributed by atoms with E-state index in [1.54, 1.807) is 0 Å². The number of halogens is 3. The van der Waals surface area contributed by atoms with Gasteiger partial charge in [-0.2, -0.15) is 4.98 Å². The summed E-state index contributed by atoms with van der Waals surface area (Å²) in [7, 11) is 0. The summed E-state index contributed by atoms with van der Waals surface area (Å²) < 4.78 is 42.7. The van der Waals surface area contributed by atoms with E-state index in [2.05, 4.69) is 20.4 Å². The van der Waals surface area contributed by atoms with Crippen molar-refractivity contribution in [3.63, 3.8) is 0 Å². The van der Waals surface area contributed by atoms with E-state index in [1.165, 1.54) is 42.0 Å². The number of aliphatic hydroxyl groups excluding tert-OH is 3. The summed E-state index contributed by atoms with van der Waals surface area (Å²) in [5.41, 5.74) is 3.78. The molecule has 1 unspecified atom stereocenters. The Morgan fingerprint density at radius 2 is 1.82 bits per heavy atom. The fourth-order valence-corrected chi connectivity index (χ4v) is 6.89. The van der Waals surface area contributed by atoms with Crippen LogP contribution in [0.2, 0.25) is 0 Å². The lowest BCUT2D eigenvalue weighted by Crippen LogP contribution is -2.35. The second-order valence-electron chi connectivity index (χ2n) is 11.4. The number of ether oxygens (including phenoxy) is 1. The summed E-state index contributed by atoms with van der Waals surface area (Å²) in [6.07, 6.45) is -1.54. The highest BCUT2D eigenvalue weighted by molar-refractivity contribution is 7.21. The number of alkyl halides is 3. The lowest BCUT2D eigenvalue weighted by molar-refractivity contribution is -0.274. The largest absolute Gasteiger partial charge is 0.573 e. The van der Waals surface area contributed by atoms with Crippen LogP contribution in [-0.4, -0.2) is 66.5 Å². The van der Waals surface area contributed by atoms with Gasteiger partial charge < -0.3 is 30.7 Å². The number of nitrogens with zero attached hydrogens (tertiary/aromatic N) is 4. The Balaban J connectivity index is 1.34. The first-order chi connectivity index (χ1) is 21.0. The van der Waals surface area contributed by atoms with Crippen molar-refractivity contribution in [3.8, 4) is 16.3 Å². The maximum atomic E-state index is 12.6. The molecular weight excluding hydrogens is 597 g/mol. The number of thiazole rings is 1. The molecule has 3 aromatic heterocycles. The predicted octanol–water partition coefficient (Wildman–Crippen LogP) is 5.31. The van der Waals surface area contributed by atoms with Crippen molar-refractivity contribution in [2.24, 2.45) is 5.92 Å². The Morgan fingerprint density at radius 1 is 1.07 bits per heavy atom. The third kappa shape index (κ3) is 6.16. The molecule has 10 nitrogen and oxygen atoms in total. The van der Waals surface area contributed by atoms with E-state index < -0.39 is 30.5 Å². The molecule has 6 rings (SSSR count). The molecule has 44 heavy (non-hydrogen) atoms. The topological polar surface area (TPSA) is 146 Å². The zero-order valence-electron chi connectivity index (χ0n) is 24.0. The van der Waals surface area contributed by atoms with Crippen LogP contribution in [0.4, 0.5) is 24.9 Å². The molecule has 3 heterocycles. The zero-order valence-corrected chi connectivity index (χ0v) is 24.9. The summed E-state index contributed by atoms with van der Waals surface area (Å²) in [6.45, 7) is 3.39. The molecule has 0 bridgehead atoms. The lowest BCUT2D eigenvalue weighted by Gasteiger charge is -2.24. The number of aliphatic hydroxyl groups is 3. The second-order valence-corrected chi connectivity index (χ2v) is 12.5. The number of benzene rings is 1. The summed E-state index contributed by atoms with van der Waals surface area (Å²) in [5.74, 6) is 0.224. The van der Waals surface area contributed by atoms with Gasteiger partial charge in [0, 0.05) is 24.6 Å². The molecule has 0 spiro atoms.